The van der Waals surface area contributed by atoms with Gasteiger partial charge < -0.3 is 0 Å². The Balaban J connectivity index is 1.61. The summed E-state index contributed by atoms with van der Waals surface area (Å²) in [5.41, 5.74) is 0.875. The summed E-state index contributed by atoms with van der Waals surface area (Å²) in [5, 5.41) is 19.7. The number of nitro benzene ring substituents is 1. The molecular formula is C23H16N6O4. The van der Waals surface area contributed by atoms with Crippen molar-refractivity contribution < 1.29 is 4.92 Å². The van der Waals surface area contributed by atoms with Crippen LogP contribution >= 0.6 is 0 Å². The maximum Gasteiger partial charge on any atom is 0.278 e. The topological polar surface area (TPSA) is 118 Å². The largest absolute Gasteiger partial charge is 0.278 e. The third kappa shape index (κ3) is 3.59. The number of nitro groups is 1. The Morgan fingerprint density at radius 3 is 2.09 bits per heavy atom. The van der Waals surface area contributed by atoms with Crippen LogP contribution in [0, 0.1) is 10.1 Å². The van der Waals surface area contributed by atoms with E-state index in [0.717, 1.165) is 0 Å². The smallest absolute Gasteiger partial charge is 0.267 e. The fraction of sp³-hybridized carbons (Fsp3) is 0.0435. The molecule has 10 nitrogen and oxygen atoms in total. The van der Waals surface area contributed by atoms with Gasteiger partial charge in [-0.25, -0.2) is 14.0 Å². The second-order valence-corrected chi connectivity index (χ2v) is 7.29. The van der Waals surface area contributed by atoms with E-state index >= 15 is 0 Å². The van der Waals surface area contributed by atoms with Gasteiger partial charge in [0.2, 0.25) is 0 Å². The third-order valence-corrected chi connectivity index (χ3v) is 5.23. The summed E-state index contributed by atoms with van der Waals surface area (Å²) in [6, 6.07) is 21.4. The van der Waals surface area contributed by atoms with Crippen LogP contribution in [0.15, 0.2) is 94.6 Å². The van der Waals surface area contributed by atoms with Crippen molar-refractivity contribution in [1.82, 2.24) is 24.4 Å². The number of para-hydroxylation sites is 1. The molecule has 2 aromatic heterocycles. The molecule has 10 heteroatoms. The molecule has 0 radical (unpaired) electrons. The molecule has 3 aromatic carbocycles. The number of fused-ring (bicyclic) bond motifs is 1. The van der Waals surface area contributed by atoms with E-state index in [9.17, 15) is 19.7 Å². The summed E-state index contributed by atoms with van der Waals surface area (Å²) >= 11 is 0. The lowest BCUT2D eigenvalue weighted by molar-refractivity contribution is -0.384. The summed E-state index contributed by atoms with van der Waals surface area (Å²) in [6.07, 6.45) is 1.61. The van der Waals surface area contributed by atoms with Crippen molar-refractivity contribution in [2.24, 2.45) is 0 Å². The van der Waals surface area contributed by atoms with Crippen LogP contribution in [-0.4, -0.2) is 29.3 Å². The zero-order valence-corrected chi connectivity index (χ0v) is 17.1. The van der Waals surface area contributed by atoms with E-state index in [0.29, 0.717) is 27.8 Å². The minimum absolute atomic E-state index is 0.000777. The summed E-state index contributed by atoms with van der Waals surface area (Å²) in [7, 11) is 0. The van der Waals surface area contributed by atoms with Gasteiger partial charge in [-0.15, -0.1) is 5.10 Å². The van der Waals surface area contributed by atoms with Crippen LogP contribution in [0.2, 0.25) is 0 Å². The average molecular weight is 440 g/mol. The maximum atomic E-state index is 13.3. The molecule has 0 N–H and O–H groups in total. The minimum atomic E-state index is -0.481. The lowest BCUT2D eigenvalue weighted by Gasteiger charge is -2.16. The van der Waals surface area contributed by atoms with Crippen LogP contribution in [0.25, 0.3) is 22.1 Å². The van der Waals surface area contributed by atoms with Crippen LogP contribution in [-0.2, 0) is 6.54 Å². The first-order chi connectivity index (χ1) is 16.0. The molecular weight excluding hydrogens is 424 g/mol. The fourth-order valence-corrected chi connectivity index (χ4v) is 3.66. The van der Waals surface area contributed by atoms with Gasteiger partial charge in [0.15, 0.2) is 0 Å². The molecule has 0 unspecified atom stereocenters. The lowest BCUT2D eigenvalue weighted by Crippen LogP contribution is -2.38. The predicted molar refractivity (Wildman–Crippen MR) is 121 cm³/mol. The number of benzene rings is 3. The summed E-state index contributed by atoms with van der Waals surface area (Å²) in [4.78, 5) is 37.0. The highest BCUT2D eigenvalue weighted by Crippen LogP contribution is 2.15. The van der Waals surface area contributed by atoms with Gasteiger partial charge >= 0.3 is 0 Å². The SMILES string of the molecule is O=c1c2ccccc2c(=O)n(-c2ccccc2)n1Cc1cn(-c2ccc([N+](=O)[O-])cc2)nn1. The van der Waals surface area contributed by atoms with E-state index in [4.69, 9.17) is 0 Å². The molecule has 0 saturated carbocycles. The Labute approximate surface area is 185 Å². The molecule has 0 fully saturated rings. The number of nitrogens with zero attached hydrogens (tertiary/aromatic N) is 6. The average Bonchev–Trinajstić information content (AvgIpc) is 3.32. The van der Waals surface area contributed by atoms with E-state index in [1.54, 1.807) is 66.9 Å². The Bertz CT molecular complexity index is 1600. The molecule has 0 aliphatic rings. The fourth-order valence-electron chi connectivity index (χ4n) is 3.66. The minimum Gasteiger partial charge on any atom is -0.267 e. The van der Waals surface area contributed by atoms with Crippen molar-refractivity contribution in [3.63, 3.8) is 0 Å². The first-order valence-corrected chi connectivity index (χ1v) is 9.99. The Kier molecular flexibility index (Phi) is 4.87. The zero-order chi connectivity index (χ0) is 22.9. The normalized spacial score (nSPS) is 11.0. The molecule has 0 saturated heterocycles. The van der Waals surface area contributed by atoms with Crippen molar-refractivity contribution in [2.75, 3.05) is 0 Å². The van der Waals surface area contributed by atoms with Crippen molar-refractivity contribution in [3.05, 3.63) is 122 Å². The second-order valence-electron chi connectivity index (χ2n) is 7.29. The van der Waals surface area contributed by atoms with Crippen LogP contribution in [0.4, 0.5) is 5.69 Å². The first-order valence-electron chi connectivity index (χ1n) is 9.99. The van der Waals surface area contributed by atoms with Crippen LogP contribution in [0.1, 0.15) is 5.69 Å². The van der Waals surface area contributed by atoms with Crippen molar-refractivity contribution >= 4 is 16.5 Å². The highest BCUT2D eigenvalue weighted by Gasteiger charge is 2.16. The number of hydrogen-bond donors (Lipinski definition) is 0. The van der Waals surface area contributed by atoms with Gasteiger partial charge in [0, 0.05) is 12.1 Å². The summed E-state index contributed by atoms with van der Waals surface area (Å²) in [6.45, 7) is 0.000777. The van der Waals surface area contributed by atoms with Gasteiger partial charge in [0.05, 0.1) is 39.8 Å². The molecule has 5 aromatic rings. The number of rotatable bonds is 5. The van der Waals surface area contributed by atoms with Crippen molar-refractivity contribution in [2.45, 2.75) is 6.54 Å². The standard InChI is InChI=1S/C23H16N6O4/c30-22-20-8-4-5-9-21(20)23(31)28(18-6-2-1-3-7-18)27(22)15-16-14-26(25-24-16)17-10-12-19(13-11-17)29(32)33/h1-14H,15H2. The van der Waals surface area contributed by atoms with E-state index in [1.165, 1.54) is 26.2 Å². The van der Waals surface area contributed by atoms with E-state index in [-0.39, 0.29) is 23.4 Å². The van der Waals surface area contributed by atoms with Crippen LogP contribution in [0.5, 0.6) is 0 Å². The highest BCUT2D eigenvalue weighted by atomic mass is 16.6. The molecule has 2 heterocycles. The molecule has 0 aliphatic heterocycles. The van der Waals surface area contributed by atoms with Crippen LogP contribution < -0.4 is 11.1 Å². The molecule has 162 valence electrons. The van der Waals surface area contributed by atoms with Gasteiger partial charge in [-0.2, -0.15) is 0 Å². The van der Waals surface area contributed by atoms with E-state index in [2.05, 4.69) is 10.3 Å². The monoisotopic (exact) mass is 440 g/mol. The quantitative estimate of drug-likeness (QED) is 0.306. The molecule has 33 heavy (non-hydrogen) atoms. The predicted octanol–water partition coefficient (Wildman–Crippen LogP) is 2.69. The second kappa shape index (κ2) is 8.00. The Morgan fingerprint density at radius 2 is 1.42 bits per heavy atom. The lowest BCUT2D eigenvalue weighted by atomic mass is 10.2. The van der Waals surface area contributed by atoms with Gasteiger partial charge in [0.1, 0.15) is 5.69 Å². The van der Waals surface area contributed by atoms with Gasteiger partial charge in [0.25, 0.3) is 16.8 Å². The first kappa shape index (κ1) is 20.1. The number of aromatic nitrogens is 5. The van der Waals surface area contributed by atoms with Gasteiger partial charge in [-0.05, 0) is 36.4 Å². The van der Waals surface area contributed by atoms with Crippen molar-refractivity contribution in [1.29, 1.82) is 0 Å². The number of non-ortho nitro benzene ring substituents is 1. The molecule has 0 bridgehead atoms. The summed E-state index contributed by atoms with van der Waals surface area (Å²) < 4.78 is 4.13. The van der Waals surface area contributed by atoms with E-state index in [1.807, 2.05) is 6.07 Å². The Morgan fingerprint density at radius 1 is 0.788 bits per heavy atom. The molecule has 0 atom stereocenters. The summed E-state index contributed by atoms with van der Waals surface area (Å²) in [5.74, 6) is 0. The van der Waals surface area contributed by atoms with Crippen molar-refractivity contribution in [3.8, 4) is 11.4 Å². The molecule has 5 rings (SSSR count). The third-order valence-electron chi connectivity index (χ3n) is 5.23. The van der Waals surface area contributed by atoms with Gasteiger partial charge in [-0.3, -0.25) is 19.7 Å². The molecule has 0 aliphatic carbocycles. The zero-order valence-electron chi connectivity index (χ0n) is 17.1. The molecule has 0 spiro atoms. The highest BCUT2D eigenvalue weighted by molar-refractivity contribution is 5.80. The molecule has 0 amide bonds. The Hall–Kier alpha value is -4.86. The van der Waals surface area contributed by atoms with E-state index < -0.39 is 4.92 Å². The maximum absolute atomic E-state index is 13.3. The van der Waals surface area contributed by atoms with Gasteiger partial charge in [-0.1, -0.05) is 35.5 Å². The van der Waals surface area contributed by atoms with Crippen LogP contribution in [0.3, 0.4) is 0 Å². The number of hydrogen-bond acceptors (Lipinski definition) is 6.